The van der Waals surface area contributed by atoms with E-state index in [4.69, 9.17) is 4.52 Å². The highest BCUT2D eigenvalue weighted by Gasteiger charge is 2.45. The summed E-state index contributed by atoms with van der Waals surface area (Å²) in [4.78, 5) is 6.05. The number of alkyl halides is 6. The Kier molecular flexibility index (Phi) is 6.71. The van der Waals surface area contributed by atoms with Crippen LogP contribution in [0.5, 0.6) is 5.75 Å². The molecule has 12 heteroatoms. The Balaban J connectivity index is 1.22. The van der Waals surface area contributed by atoms with Crippen molar-refractivity contribution in [3.63, 3.8) is 0 Å². The van der Waals surface area contributed by atoms with E-state index >= 15 is 0 Å². The van der Waals surface area contributed by atoms with E-state index in [0.717, 1.165) is 31.7 Å². The SMILES string of the molecule is Cc1cnc(N2C3CCC2CC(NCc2c(-c4ccccc4OC(F)(F)F)noc2C2CC2)C3)c(C(F)(F)F)c1. The third kappa shape index (κ3) is 5.37. The lowest BCUT2D eigenvalue weighted by molar-refractivity contribution is -0.274. The number of nitrogens with zero attached hydrogens (tertiary/aromatic N) is 3. The summed E-state index contributed by atoms with van der Waals surface area (Å²) < 4.78 is 90.6. The zero-order valence-electron chi connectivity index (χ0n) is 21.6. The number of halogens is 6. The average Bonchev–Trinajstić information content (AvgIpc) is 3.58. The largest absolute Gasteiger partial charge is 0.573 e. The topological polar surface area (TPSA) is 63.4 Å². The van der Waals surface area contributed by atoms with Crippen molar-refractivity contribution < 1.29 is 35.6 Å². The molecule has 0 spiro atoms. The highest BCUT2D eigenvalue weighted by Crippen LogP contribution is 2.47. The van der Waals surface area contributed by atoms with Crippen molar-refractivity contribution in [3.05, 3.63) is 59.0 Å². The molecular weight excluding hydrogens is 538 g/mol. The maximum atomic E-state index is 13.9. The van der Waals surface area contributed by atoms with Crippen molar-refractivity contribution in [2.24, 2.45) is 0 Å². The molecule has 2 aliphatic heterocycles. The molecule has 2 unspecified atom stereocenters. The molecule has 1 saturated carbocycles. The van der Waals surface area contributed by atoms with Crippen LogP contribution >= 0.6 is 0 Å². The summed E-state index contributed by atoms with van der Waals surface area (Å²) in [5, 5.41) is 7.67. The molecule has 2 saturated heterocycles. The van der Waals surface area contributed by atoms with Gasteiger partial charge in [0.15, 0.2) is 0 Å². The molecule has 1 aliphatic carbocycles. The lowest BCUT2D eigenvalue weighted by Gasteiger charge is -2.41. The number of hydrogen-bond acceptors (Lipinski definition) is 6. The summed E-state index contributed by atoms with van der Waals surface area (Å²) in [6.45, 7) is 1.91. The smallest absolute Gasteiger partial charge is 0.405 e. The van der Waals surface area contributed by atoms with Crippen molar-refractivity contribution in [2.75, 3.05) is 4.90 Å². The van der Waals surface area contributed by atoms with Crippen LogP contribution in [0, 0.1) is 6.92 Å². The average molecular weight is 567 g/mol. The van der Waals surface area contributed by atoms with Gasteiger partial charge in [-0.15, -0.1) is 13.2 Å². The first-order chi connectivity index (χ1) is 19.0. The van der Waals surface area contributed by atoms with Crippen LogP contribution in [0.1, 0.15) is 66.9 Å². The van der Waals surface area contributed by atoms with Gasteiger partial charge >= 0.3 is 12.5 Å². The summed E-state index contributed by atoms with van der Waals surface area (Å²) in [6, 6.07) is 6.79. The van der Waals surface area contributed by atoms with Gasteiger partial charge in [-0.1, -0.05) is 17.3 Å². The molecule has 4 heterocycles. The predicted octanol–water partition coefficient (Wildman–Crippen LogP) is 7.13. The van der Waals surface area contributed by atoms with E-state index < -0.39 is 18.1 Å². The summed E-state index contributed by atoms with van der Waals surface area (Å²) in [5.74, 6) is 0.454. The fourth-order valence-corrected chi connectivity index (χ4v) is 6.16. The van der Waals surface area contributed by atoms with Gasteiger partial charge in [0.1, 0.15) is 23.0 Å². The van der Waals surface area contributed by atoms with Crippen molar-refractivity contribution in [1.29, 1.82) is 0 Å². The van der Waals surface area contributed by atoms with Gasteiger partial charge < -0.3 is 19.5 Å². The Labute approximate surface area is 226 Å². The molecular formula is C28H28F6N4O2. The number of fused-ring (bicyclic) bond motifs is 2. The first-order valence-corrected chi connectivity index (χ1v) is 13.4. The van der Waals surface area contributed by atoms with Gasteiger partial charge in [-0.3, -0.25) is 0 Å². The maximum absolute atomic E-state index is 13.9. The number of anilines is 1. The zero-order valence-corrected chi connectivity index (χ0v) is 21.6. The van der Waals surface area contributed by atoms with E-state index in [9.17, 15) is 26.3 Å². The van der Waals surface area contributed by atoms with Gasteiger partial charge in [0.2, 0.25) is 0 Å². The molecule has 1 N–H and O–H groups in total. The van der Waals surface area contributed by atoms with E-state index in [1.54, 1.807) is 13.0 Å². The molecule has 214 valence electrons. The number of para-hydroxylation sites is 1. The minimum absolute atomic E-state index is 0.00464. The van der Waals surface area contributed by atoms with E-state index in [2.05, 4.69) is 20.2 Å². The van der Waals surface area contributed by atoms with Gasteiger partial charge in [0.25, 0.3) is 0 Å². The number of aromatic nitrogens is 2. The fourth-order valence-electron chi connectivity index (χ4n) is 6.16. The Hall–Kier alpha value is -3.28. The van der Waals surface area contributed by atoms with Gasteiger partial charge in [-0.25, -0.2) is 4.98 Å². The molecule has 1 aromatic carbocycles. The second-order valence-corrected chi connectivity index (χ2v) is 10.9. The molecule has 2 atom stereocenters. The summed E-state index contributed by atoms with van der Waals surface area (Å²) in [7, 11) is 0. The molecule has 3 aliphatic rings. The summed E-state index contributed by atoms with van der Waals surface area (Å²) >= 11 is 0. The quantitative estimate of drug-likeness (QED) is 0.307. The predicted molar refractivity (Wildman–Crippen MR) is 134 cm³/mol. The number of hydrogen-bond donors (Lipinski definition) is 1. The maximum Gasteiger partial charge on any atom is 0.573 e. The first kappa shape index (κ1) is 26.9. The third-order valence-corrected chi connectivity index (χ3v) is 7.99. The third-order valence-electron chi connectivity index (χ3n) is 7.99. The van der Waals surface area contributed by atoms with Crippen LogP contribution in [0.2, 0.25) is 0 Å². The van der Waals surface area contributed by atoms with Crippen LogP contribution in [0.4, 0.5) is 32.2 Å². The van der Waals surface area contributed by atoms with Crippen LogP contribution < -0.4 is 15.0 Å². The first-order valence-electron chi connectivity index (χ1n) is 13.4. The van der Waals surface area contributed by atoms with Crippen molar-refractivity contribution in [1.82, 2.24) is 15.5 Å². The normalized spacial score (nSPS) is 23.1. The molecule has 3 aromatic rings. The van der Waals surface area contributed by atoms with Gasteiger partial charge in [0.05, 0.1) is 5.56 Å². The van der Waals surface area contributed by atoms with Crippen LogP contribution in [0.15, 0.2) is 41.1 Å². The highest BCUT2D eigenvalue weighted by atomic mass is 19.4. The highest BCUT2D eigenvalue weighted by molar-refractivity contribution is 5.70. The number of rotatable bonds is 7. The molecule has 3 fully saturated rings. The Morgan fingerprint density at radius 2 is 1.73 bits per heavy atom. The number of nitrogens with one attached hydrogen (secondary N) is 1. The van der Waals surface area contributed by atoms with Crippen LogP contribution in [0.25, 0.3) is 11.3 Å². The van der Waals surface area contributed by atoms with Crippen molar-refractivity contribution in [3.8, 4) is 17.0 Å². The molecule has 2 bridgehead atoms. The fraction of sp³-hybridized carbons (Fsp3) is 0.500. The standard InChI is InChI=1S/C28H28F6N4O2/c1-15-10-22(27(29,30)31)26(36-13-15)38-18-8-9-19(38)12-17(11-18)35-14-21-24(37-40-25(21)16-6-7-16)20-4-2-3-5-23(20)39-28(32,33)34/h2-5,10,13,16-19,35H,6-9,11-12,14H2,1H3. The Morgan fingerprint density at radius 3 is 2.38 bits per heavy atom. The number of ether oxygens (including phenoxy) is 1. The van der Waals surface area contributed by atoms with Crippen molar-refractivity contribution >= 4 is 5.82 Å². The van der Waals surface area contributed by atoms with Gasteiger partial charge in [-0.2, -0.15) is 13.2 Å². The molecule has 6 nitrogen and oxygen atoms in total. The number of pyridine rings is 1. The number of piperidine rings is 1. The second kappa shape index (κ2) is 9.97. The monoisotopic (exact) mass is 566 g/mol. The molecule has 2 aromatic heterocycles. The molecule has 0 amide bonds. The van der Waals surface area contributed by atoms with E-state index in [-0.39, 0.29) is 41.2 Å². The number of benzene rings is 1. The molecule has 40 heavy (non-hydrogen) atoms. The van der Waals surface area contributed by atoms with E-state index in [1.807, 2.05) is 4.90 Å². The molecule has 0 radical (unpaired) electrons. The second-order valence-electron chi connectivity index (χ2n) is 10.9. The number of aryl methyl sites for hydroxylation is 1. The minimum atomic E-state index is -4.86. The molecule has 6 rings (SSSR count). The Bertz CT molecular complexity index is 1370. The van der Waals surface area contributed by atoms with Crippen LogP contribution in [-0.4, -0.2) is 34.6 Å². The van der Waals surface area contributed by atoms with Crippen LogP contribution in [0.3, 0.4) is 0 Å². The van der Waals surface area contributed by atoms with E-state index in [0.29, 0.717) is 42.0 Å². The van der Waals surface area contributed by atoms with E-state index in [1.165, 1.54) is 24.4 Å². The van der Waals surface area contributed by atoms with Crippen molar-refractivity contribution in [2.45, 2.75) is 88.6 Å². The van der Waals surface area contributed by atoms with Gasteiger partial charge in [0, 0.05) is 47.9 Å². The lowest BCUT2D eigenvalue weighted by Crippen LogP contribution is -2.50. The lowest BCUT2D eigenvalue weighted by atomic mass is 9.95. The summed E-state index contributed by atoms with van der Waals surface area (Å²) in [6.07, 6.45) is -3.28. The minimum Gasteiger partial charge on any atom is -0.405 e. The summed E-state index contributed by atoms with van der Waals surface area (Å²) in [5.41, 5.74) is 0.924. The Morgan fingerprint density at radius 1 is 1.02 bits per heavy atom. The van der Waals surface area contributed by atoms with Crippen LogP contribution in [-0.2, 0) is 12.7 Å². The van der Waals surface area contributed by atoms with Gasteiger partial charge in [-0.05, 0) is 69.2 Å². The zero-order chi connectivity index (χ0) is 28.2.